The molecule has 0 aliphatic rings. The number of hydrogen-bond donors (Lipinski definition) is 2. The van der Waals surface area contributed by atoms with Crippen molar-refractivity contribution in [1.82, 2.24) is 14.1 Å². The molecule has 1 aromatic carbocycles. The second kappa shape index (κ2) is 7.96. The second-order valence-electron chi connectivity index (χ2n) is 6.51. The number of fused-ring (bicyclic) bond motifs is 1. The van der Waals surface area contributed by atoms with Crippen LogP contribution < -0.4 is 15.8 Å². The molecule has 0 saturated heterocycles. The summed E-state index contributed by atoms with van der Waals surface area (Å²) in [7, 11) is 0. The Labute approximate surface area is 176 Å². The van der Waals surface area contributed by atoms with Crippen molar-refractivity contribution in [2.75, 3.05) is 6.61 Å². The van der Waals surface area contributed by atoms with Crippen molar-refractivity contribution in [3.05, 3.63) is 81.7 Å². The molecule has 0 bridgehead atoms. The Morgan fingerprint density at radius 2 is 1.90 bits per heavy atom. The van der Waals surface area contributed by atoms with Crippen LogP contribution >= 0.6 is 11.6 Å². The van der Waals surface area contributed by atoms with Gasteiger partial charge in [0, 0.05) is 33.8 Å². The molecule has 4 rings (SSSR count). The minimum atomic E-state index is -0.278. The lowest BCUT2D eigenvalue weighted by Crippen LogP contribution is -2.23. The van der Waals surface area contributed by atoms with E-state index < -0.39 is 0 Å². The van der Waals surface area contributed by atoms with Crippen molar-refractivity contribution in [3.8, 4) is 22.7 Å². The standard InChI is InChI=1S/C22H18ClN5O2/c1-2-30-20-10-4-14-11-18(15-3-9-19(25)27(12-15)13-24)22(29)28(21(14)26-20)17-7-5-16(23)6-8-17/h3-13,24-25H,2H2,1H3. The Hall–Kier alpha value is -3.71. The van der Waals surface area contributed by atoms with Crippen molar-refractivity contribution in [1.29, 1.82) is 10.8 Å². The number of nitrogens with zero attached hydrogens (tertiary/aromatic N) is 3. The second-order valence-corrected chi connectivity index (χ2v) is 6.95. The van der Waals surface area contributed by atoms with E-state index in [2.05, 4.69) is 4.98 Å². The van der Waals surface area contributed by atoms with Crippen LogP contribution in [0.1, 0.15) is 6.92 Å². The lowest BCUT2D eigenvalue weighted by molar-refractivity contribution is 0.328. The fraction of sp³-hybridized carbons (Fsp3) is 0.0909. The van der Waals surface area contributed by atoms with Gasteiger partial charge in [0.25, 0.3) is 5.56 Å². The van der Waals surface area contributed by atoms with Crippen molar-refractivity contribution in [2.24, 2.45) is 0 Å². The number of halogens is 1. The summed E-state index contributed by atoms with van der Waals surface area (Å²) in [6.07, 6.45) is 2.62. The highest BCUT2D eigenvalue weighted by Crippen LogP contribution is 2.24. The molecule has 0 radical (unpaired) electrons. The van der Waals surface area contributed by atoms with Gasteiger partial charge in [0.2, 0.25) is 5.88 Å². The number of pyridine rings is 3. The van der Waals surface area contributed by atoms with E-state index in [-0.39, 0.29) is 11.0 Å². The van der Waals surface area contributed by atoms with E-state index in [9.17, 15) is 4.79 Å². The predicted molar refractivity (Wildman–Crippen MR) is 117 cm³/mol. The fourth-order valence-corrected chi connectivity index (χ4v) is 3.34. The number of rotatable bonds is 5. The molecule has 4 aromatic rings. The van der Waals surface area contributed by atoms with Crippen LogP contribution in [0.15, 0.2) is 65.6 Å². The van der Waals surface area contributed by atoms with E-state index in [1.165, 1.54) is 9.13 Å². The molecule has 3 heterocycles. The topological polar surface area (TPSA) is 96.8 Å². The van der Waals surface area contributed by atoms with Gasteiger partial charge in [-0.3, -0.25) is 24.7 Å². The highest BCUT2D eigenvalue weighted by atomic mass is 35.5. The molecular weight excluding hydrogens is 402 g/mol. The van der Waals surface area contributed by atoms with E-state index in [4.69, 9.17) is 27.2 Å². The van der Waals surface area contributed by atoms with Gasteiger partial charge >= 0.3 is 0 Å². The molecule has 30 heavy (non-hydrogen) atoms. The molecule has 0 atom stereocenters. The van der Waals surface area contributed by atoms with E-state index in [0.29, 0.717) is 40.0 Å². The van der Waals surface area contributed by atoms with Gasteiger partial charge in [0.15, 0.2) is 5.65 Å². The summed E-state index contributed by atoms with van der Waals surface area (Å²) >= 11 is 6.03. The zero-order valence-corrected chi connectivity index (χ0v) is 16.8. The first-order valence-electron chi connectivity index (χ1n) is 9.25. The molecule has 0 amide bonds. The van der Waals surface area contributed by atoms with Gasteiger partial charge in [0.05, 0.1) is 18.6 Å². The summed E-state index contributed by atoms with van der Waals surface area (Å²) in [5.41, 5.74) is 1.98. The van der Waals surface area contributed by atoms with Crippen LogP contribution in [0.2, 0.25) is 5.02 Å². The molecule has 0 aliphatic carbocycles. The third kappa shape index (κ3) is 3.51. The van der Waals surface area contributed by atoms with Crippen molar-refractivity contribution in [3.63, 3.8) is 0 Å². The van der Waals surface area contributed by atoms with E-state index in [1.807, 2.05) is 13.0 Å². The van der Waals surface area contributed by atoms with Gasteiger partial charge in [-0.1, -0.05) is 11.6 Å². The van der Waals surface area contributed by atoms with Crippen LogP contribution in [0.4, 0.5) is 0 Å². The summed E-state index contributed by atoms with van der Waals surface area (Å²) < 4.78 is 8.38. The first kappa shape index (κ1) is 19.6. The fourth-order valence-electron chi connectivity index (χ4n) is 3.22. The summed E-state index contributed by atoms with van der Waals surface area (Å²) in [6, 6.07) is 15.6. The third-order valence-electron chi connectivity index (χ3n) is 4.63. The molecule has 150 valence electrons. The minimum Gasteiger partial charge on any atom is -0.478 e. The van der Waals surface area contributed by atoms with Gasteiger partial charge in [-0.15, -0.1) is 0 Å². The Morgan fingerprint density at radius 3 is 2.60 bits per heavy atom. The zero-order chi connectivity index (χ0) is 21.3. The number of hydrogen-bond acceptors (Lipinski definition) is 5. The van der Waals surface area contributed by atoms with Crippen LogP contribution in [0.3, 0.4) is 0 Å². The summed E-state index contributed by atoms with van der Waals surface area (Å²) in [5, 5.41) is 16.7. The van der Waals surface area contributed by atoms with Crippen LogP contribution in [-0.4, -0.2) is 27.1 Å². The molecule has 0 aliphatic heterocycles. The SMILES string of the molecule is CCOc1ccc2cc(-c3ccc(=N)n(C=N)c3)c(=O)n(-c3ccc(Cl)cc3)c2n1. The molecule has 0 fully saturated rings. The van der Waals surface area contributed by atoms with Crippen LogP contribution in [0.25, 0.3) is 27.8 Å². The summed E-state index contributed by atoms with van der Waals surface area (Å²) in [6.45, 7) is 2.33. The molecule has 0 spiro atoms. The normalized spacial score (nSPS) is 10.9. The Kier molecular flexibility index (Phi) is 5.20. The van der Waals surface area contributed by atoms with E-state index in [0.717, 1.165) is 11.7 Å². The first-order valence-corrected chi connectivity index (χ1v) is 9.63. The third-order valence-corrected chi connectivity index (χ3v) is 4.88. The molecule has 8 heteroatoms. The highest BCUT2D eigenvalue weighted by molar-refractivity contribution is 6.30. The highest BCUT2D eigenvalue weighted by Gasteiger charge is 2.15. The molecule has 7 nitrogen and oxygen atoms in total. The molecule has 0 unspecified atom stereocenters. The van der Waals surface area contributed by atoms with Gasteiger partial charge in [0.1, 0.15) is 5.49 Å². The first-order chi connectivity index (χ1) is 14.5. The monoisotopic (exact) mass is 419 g/mol. The van der Waals surface area contributed by atoms with E-state index >= 15 is 0 Å². The number of ether oxygens (including phenoxy) is 1. The molecule has 0 saturated carbocycles. The lowest BCUT2D eigenvalue weighted by Gasteiger charge is -2.14. The zero-order valence-electron chi connectivity index (χ0n) is 16.1. The van der Waals surface area contributed by atoms with Gasteiger partial charge in [-0.05, 0) is 55.5 Å². The van der Waals surface area contributed by atoms with Crippen molar-refractivity contribution < 1.29 is 4.74 Å². The van der Waals surface area contributed by atoms with Crippen LogP contribution in [0.5, 0.6) is 5.88 Å². The predicted octanol–water partition coefficient (Wildman–Crippen LogP) is 3.84. The maximum atomic E-state index is 13.6. The summed E-state index contributed by atoms with van der Waals surface area (Å²) in [5.74, 6) is 0.431. The van der Waals surface area contributed by atoms with E-state index in [1.54, 1.807) is 54.7 Å². The van der Waals surface area contributed by atoms with Crippen LogP contribution in [0, 0.1) is 10.8 Å². The lowest BCUT2D eigenvalue weighted by atomic mass is 10.1. The quantitative estimate of drug-likeness (QED) is 0.380. The van der Waals surface area contributed by atoms with Crippen molar-refractivity contribution >= 4 is 29.0 Å². The number of aromatic nitrogens is 3. The van der Waals surface area contributed by atoms with Crippen molar-refractivity contribution in [2.45, 2.75) is 6.92 Å². The smallest absolute Gasteiger partial charge is 0.264 e. The maximum Gasteiger partial charge on any atom is 0.264 e. The average molecular weight is 420 g/mol. The number of nitrogens with one attached hydrogen (secondary N) is 2. The summed E-state index contributed by atoms with van der Waals surface area (Å²) in [4.78, 5) is 18.1. The Bertz CT molecular complexity index is 1370. The van der Waals surface area contributed by atoms with Gasteiger partial charge in [-0.25, -0.2) is 0 Å². The molecule has 3 aromatic heterocycles. The average Bonchev–Trinajstić information content (AvgIpc) is 2.75. The molecular formula is C22H18ClN5O2. The largest absolute Gasteiger partial charge is 0.478 e. The van der Waals surface area contributed by atoms with Gasteiger partial charge < -0.3 is 4.74 Å². The Balaban J connectivity index is 2.06. The minimum absolute atomic E-state index is 0.149. The molecule has 2 N–H and O–H groups in total. The Morgan fingerprint density at radius 1 is 1.13 bits per heavy atom. The van der Waals surface area contributed by atoms with Crippen LogP contribution in [-0.2, 0) is 0 Å². The number of benzene rings is 1. The van der Waals surface area contributed by atoms with Gasteiger partial charge in [-0.2, -0.15) is 4.98 Å². The maximum absolute atomic E-state index is 13.6.